The molecular formula is C19H24N2O3. The molecule has 1 amide bonds. The van der Waals surface area contributed by atoms with Gasteiger partial charge in [0.2, 0.25) is 5.91 Å². The van der Waals surface area contributed by atoms with Gasteiger partial charge in [0.1, 0.15) is 5.75 Å². The number of methoxy groups -OCH3 is 1. The molecule has 2 rings (SSSR count). The zero-order valence-corrected chi connectivity index (χ0v) is 14.0. The predicted molar refractivity (Wildman–Crippen MR) is 96.2 cm³/mol. The summed E-state index contributed by atoms with van der Waals surface area (Å²) < 4.78 is 10.7. The Labute approximate surface area is 142 Å². The fraction of sp³-hybridized carbons (Fsp3) is 0.316. The minimum Gasteiger partial charge on any atom is -0.497 e. The Morgan fingerprint density at radius 2 is 1.92 bits per heavy atom. The fourth-order valence-corrected chi connectivity index (χ4v) is 2.25. The van der Waals surface area contributed by atoms with Crippen molar-refractivity contribution in [1.29, 1.82) is 0 Å². The van der Waals surface area contributed by atoms with Crippen molar-refractivity contribution in [2.75, 3.05) is 31.4 Å². The Morgan fingerprint density at radius 1 is 1.12 bits per heavy atom. The van der Waals surface area contributed by atoms with E-state index in [0.29, 0.717) is 43.2 Å². The predicted octanol–water partition coefficient (Wildman–Crippen LogP) is 3.26. The van der Waals surface area contributed by atoms with Gasteiger partial charge in [-0.2, -0.15) is 0 Å². The Bertz CT molecular complexity index is 644. The van der Waals surface area contributed by atoms with Crippen LogP contribution in [0.5, 0.6) is 5.75 Å². The highest BCUT2D eigenvalue weighted by Crippen LogP contribution is 2.24. The summed E-state index contributed by atoms with van der Waals surface area (Å²) in [5, 5.41) is 2.80. The first kappa shape index (κ1) is 17.8. The van der Waals surface area contributed by atoms with Gasteiger partial charge in [0.15, 0.2) is 0 Å². The molecule has 0 aromatic heterocycles. The number of hydrogen-bond donors (Lipinski definition) is 2. The number of carbonyl (C=O) groups excluding carboxylic acids is 1. The molecule has 24 heavy (non-hydrogen) atoms. The molecule has 5 nitrogen and oxygen atoms in total. The van der Waals surface area contributed by atoms with Crippen LogP contribution in [0, 0.1) is 0 Å². The Kier molecular flexibility index (Phi) is 7.11. The monoisotopic (exact) mass is 328 g/mol. The van der Waals surface area contributed by atoms with Crippen LogP contribution in [-0.4, -0.2) is 26.2 Å². The number of ether oxygens (including phenoxy) is 2. The van der Waals surface area contributed by atoms with Gasteiger partial charge in [0.05, 0.1) is 25.1 Å². The molecule has 2 aromatic carbocycles. The van der Waals surface area contributed by atoms with Gasteiger partial charge in [0.25, 0.3) is 0 Å². The zero-order chi connectivity index (χ0) is 17.2. The maximum atomic E-state index is 12.0. The van der Waals surface area contributed by atoms with E-state index in [1.807, 2.05) is 18.2 Å². The molecule has 0 radical (unpaired) electrons. The van der Waals surface area contributed by atoms with Crippen LogP contribution < -0.4 is 15.8 Å². The lowest BCUT2D eigenvalue weighted by Crippen LogP contribution is -2.14. The number of nitrogen functional groups attached to an aromatic ring is 1. The summed E-state index contributed by atoms with van der Waals surface area (Å²) in [4.78, 5) is 12.0. The summed E-state index contributed by atoms with van der Waals surface area (Å²) in [6, 6.07) is 15.4. The van der Waals surface area contributed by atoms with Crippen LogP contribution >= 0.6 is 0 Å². The third-order valence-corrected chi connectivity index (χ3v) is 3.60. The van der Waals surface area contributed by atoms with Crippen molar-refractivity contribution in [2.24, 2.45) is 0 Å². The fourth-order valence-electron chi connectivity index (χ4n) is 2.25. The van der Waals surface area contributed by atoms with Crippen LogP contribution in [0.1, 0.15) is 18.4 Å². The second-order valence-corrected chi connectivity index (χ2v) is 5.45. The SMILES string of the molecule is COc1ccc(N)c(NC(=O)CCCOCCc2ccccc2)c1. The van der Waals surface area contributed by atoms with Crippen molar-refractivity contribution in [3.8, 4) is 5.75 Å². The molecule has 0 atom stereocenters. The Hall–Kier alpha value is -2.53. The zero-order valence-electron chi connectivity index (χ0n) is 14.0. The van der Waals surface area contributed by atoms with Gasteiger partial charge in [-0.3, -0.25) is 4.79 Å². The molecule has 0 heterocycles. The van der Waals surface area contributed by atoms with Gasteiger partial charge >= 0.3 is 0 Å². The van der Waals surface area contributed by atoms with Crippen LogP contribution in [0.4, 0.5) is 11.4 Å². The van der Waals surface area contributed by atoms with E-state index in [-0.39, 0.29) is 5.91 Å². The number of nitrogens with two attached hydrogens (primary N) is 1. The average Bonchev–Trinajstić information content (AvgIpc) is 2.61. The van der Waals surface area contributed by atoms with E-state index < -0.39 is 0 Å². The number of benzene rings is 2. The van der Waals surface area contributed by atoms with E-state index in [0.717, 1.165) is 6.42 Å². The first-order valence-electron chi connectivity index (χ1n) is 8.04. The van der Waals surface area contributed by atoms with Crippen molar-refractivity contribution < 1.29 is 14.3 Å². The van der Waals surface area contributed by atoms with Gasteiger partial charge < -0.3 is 20.5 Å². The molecule has 5 heteroatoms. The minimum atomic E-state index is -0.0818. The molecule has 128 valence electrons. The highest BCUT2D eigenvalue weighted by atomic mass is 16.5. The smallest absolute Gasteiger partial charge is 0.224 e. The molecule has 0 aliphatic carbocycles. The average molecular weight is 328 g/mol. The van der Waals surface area contributed by atoms with Crippen LogP contribution in [0.3, 0.4) is 0 Å². The Morgan fingerprint density at radius 3 is 2.67 bits per heavy atom. The highest BCUT2D eigenvalue weighted by molar-refractivity contribution is 5.94. The number of hydrogen-bond acceptors (Lipinski definition) is 4. The van der Waals surface area contributed by atoms with Crippen molar-refractivity contribution in [2.45, 2.75) is 19.3 Å². The van der Waals surface area contributed by atoms with Gasteiger partial charge in [-0.05, 0) is 30.5 Å². The lowest BCUT2D eigenvalue weighted by molar-refractivity contribution is -0.116. The topological polar surface area (TPSA) is 73.6 Å². The molecule has 0 fully saturated rings. The molecule has 0 aliphatic rings. The van der Waals surface area contributed by atoms with E-state index in [1.54, 1.807) is 25.3 Å². The van der Waals surface area contributed by atoms with Crippen LogP contribution in [0.2, 0.25) is 0 Å². The minimum absolute atomic E-state index is 0.0818. The number of anilines is 2. The van der Waals surface area contributed by atoms with Crippen LogP contribution in [0.15, 0.2) is 48.5 Å². The van der Waals surface area contributed by atoms with Crippen LogP contribution in [-0.2, 0) is 16.0 Å². The van der Waals surface area contributed by atoms with E-state index in [1.165, 1.54) is 5.56 Å². The summed E-state index contributed by atoms with van der Waals surface area (Å²) in [6.45, 7) is 1.22. The van der Waals surface area contributed by atoms with E-state index in [2.05, 4.69) is 17.4 Å². The molecule has 0 spiro atoms. The number of carbonyl (C=O) groups is 1. The summed E-state index contributed by atoms with van der Waals surface area (Å²) in [5.74, 6) is 0.574. The van der Waals surface area contributed by atoms with Gasteiger partial charge in [-0.25, -0.2) is 0 Å². The van der Waals surface area contributed by atoms with Gasteiger partial charge in [0, 0.05) is 19.1 Å². The molecule has 0 bridgehead atoms. The highest BCUT2D eigenvalue weighted by Gasteiger charge is 2.06. The number of nitrogens with one attached hydrogen (secondary N) is 1. The summed E-state index contributed by atoms with van der Waals surface area (Å²) in [7, 11) is 1.57. The maximum absolute atomic E-state index is 12.0. The van der Waals surface area contributed by atoms with Crippen molar-refractivity contribution in [3.05, 3.63) is 54.1 Å². The Balaban J connectivity index is 1.63. The van der Waals surface area contributed by atoms with E-state index in [4.69, 9.17) is 15.2 Å². The first-order chi connectivity index (χ1) is 11.7. The van der Waals surface area contributed by atoms with Crippen molar-refractivity contribution in [1.82, 2.24) is 0 Å². The number of amides is 1. The lowest BCUT2D eigenvalue weighted by Gasteiger charge is -2.10. The van der Waals surface area contributed by atoms with E-state index in [9.17, 15) is 4.79 Å². The third kappa shape index (κ3) is 5.93. The van der Waals surface area contributed by atoms with Crippen molar-refractivity contribution in [3.63, 3.8) is 0 Å². The van der Waals surface area contributed by atoms with Crippen molar-refractivity contribution >= 4 is 17.3 Å². The van der Waals surface area contributed by atoms with Gasteiger partial charge in [-0.15, -0.1) is 0 Å². The largest absolute Gasteiger partial charge is 0.497 e. The number of rotatable bonds is 9. The molecule has 0 unspecified atom stereocenters. The molecular weight excluding hydrogens is 304 g/mol. The lowest BCUT2D eigenvalue weighted by atomic mass is 10.2. The summed E-state index contributed by atoms with van der Waals surface area (Å²) >= 11 is 0. The summed E-state index contributed by atoms with van der Waals surface area (Å²) in [5.41, 5.74) is 8.19. The molecule has 0 saturated heterocycles. The summed E-state index contributed by atoms with van der Waals surface area (Å²) in [6.07, 6.45) is 1.94. The second kappa shape index (κ2) is 9.57. The molecule has 3 N–H and O–H groups in total. The maximum Gasteiger partial charge on any atom is 0.224 e. The molecule has 0 aliphatic heterocycles. The van der Waals surface area contributed by atoms with Crippen LogP contribution in [0.25, 0.3) is 0 Å². The standard InChI is InChI=1S/C19H24N2O3/c1-23-16-9-10-17(20)18(14-16)21-19(22)8-5-12-24-13-11-15-6-3-2-4-7-15/h2-4,6-7,9-10,14H,5,8,11-13,20H2,1H3,(H,21,22). The first-order valence-corrected chi connectivity index (χ1v) is 8.04. The second-order valence-electron chi connectivity index (χ2n) is 5.45. The normalized spacial score (nSPS) is 10.4. The van der Waals surface area contributed by atoms with Gasteiger partial charge in [-0.1, -0.05) is 30.3 Å². The van der Waals surface area contributed by atoms with E-state index >= 15 is 0 Å². The molecule has 0 saturated carbocycles. The quantitative estimate of drug-likeness (QED) is 0.547. The third-order valence-electron chi connectivity index (χ3n) is 3.60. The molecule has 2 aromatic rings.